The highest BCUT2D eigenvalue weighted by Gasteiger charge is 2.22. The summed E-state index contributed by atoms with van der Waals surface area (Å²) < 4.78 is 5.83. The molecular weight excluding hydrogens is 308 g/mol. The van der Waals surface area contributed by atoms with Crippen LogP contribution in [0.25, 0.3) is 0 Å². The first-order valence-corrected chi connectivity index (χ1v) is 9.01. The quantitative estimate of drug-likeness (QED) is 0.817. The van der Waals surface area contributed by atoms with Crippen LogP contribution >= 0.6 is 12.4 Å². The molecule has 1 unspecified atom stereocenters. The molecule has 1 atom stereocenters. The third-order valence-corrected chi connectivity index (χ3v) is 4.96. The summed E-state index contributed by atoms with van der Waals surface area (Å²) in [6.45, 7) is 7.71. The van der Waals surface area contributed by atoms with Gasteiger partial charge < -0.3 is 10.1 Å². The maximum atomic E-state index is 5.83. The molecule has 0 radical (unpaired) electrons. The zero-order valence-electron chi connectivity index (χ0n) is 14.3. The molecule has 3 rings (SSSR count). The van der Waals surface area contributed by atoms with Gasteiger partial charge in [-0.05, 0) is 75.4 Å². The third kappa shape index (κ3) is 5.98. The van der Waals surface area contributed by atoms with Crippen LogP contribution in [0.1, 0.15) is 44.6 Å². The molecule has 1 heterocycles. The number of nitrogens with zero attached hydrogens (tertiary/aromatic N) is 1. The predicted molar refractivity (Wildman–Crippen MR) is 98.5 cm³/mol. The van der Waals surface area contributed by atoms with Gasteiger partial charge in [-0.25, -0.2) is 0 Å². The summed E-state index contributed by atoms with van der Waals surface area (Å²) in [7, 11) is 0. The van der Waals surface area contributed by atoms with Crippen molar-refractivity contribution in [2.24, 2.45) is 5.92 Å². The van der Waals surface area contributed by atoms with Crippen molar-refractivity contribution in [1.82, 2.24) is 10.2 Å². The number of benzene rings is 1. The molecule has 3 nitrogen and oxygen atoms in total. The fourth-order valence-electron chi connectivity index (χ4n) is 3.29. The number of ether oxygens (including phenoxy) is 1. The van der Waals surface area contributed by atoms with E-state index in [4.69, 9.17) is 4.74 Å². The SMILES string of the molecule is CCN(Cc1ccc(OCC2CC2)cc1)C1CCCNCC1.Cl. The van der Waals surface area contributed by atoms with Crippen LogP contribution in [0.2, 0.25) is 0 Å². The fraction of sp³-hybridized carbons (Fsp3) is 0.684. The maximum Gasteiger partial charge on any atom is 0.119 e. The van der Waals surface area contributed by atoms with Gasteiger partial charge >= 0.3 is 0 Å². The van der Waals surface area contributed by atoms with E-state index in [0.29, 0.717) is 0 Å². The molecule has 1 saturated heterocycles. The topological polar surface area (TPSA) is 24.5 Å². The zero-order chi connectivity index (χ0) is 15.2. The van der Waals surface area contributed by atoms with E-state index in [2.05, 4.69) is 41.4 Å². The first-order valence-electron chi connectivity index (χ1n) is 9.01. The number of rotatable bonds is 7. The summed E-state index contributed by atoms with van der Waals surface area (Å²) in [4.78, 5) is 2.63. The molecule has 1 aliphatic carbocycles. The van der Waals surface area contributed by atoms with Gasteiger partial charge in [-0.3, -0.25) is 4.90 Å². The second kappa shape index (κ2) is 9.51. The number of hydrogen-bond acceptors (Lipinski definition) is 3. The van der Waals surface area contributed by atoms with Crippen molar-refractivity contribution in [2.75, 3.05) is 26.2 Å². The number of halogens is 1. The highest BCUT2D eigenvalue weighted by Crippen LogP contribution is 2.29. The van der Waals surface area contributed by atoms with E-state index in [-0.39, 0.29) is 12.4 Å². The average Bonchev–Trinajstić information content (AvgIpc) is 3.38. The third-order valence-electron chi connectivity index (χ3n) is 4.96. The van der Waals surface area contributed by atoms with E-state index in [1.54, 1.807) is 0 Å². The monoisotopic (exact) mass is 338 g/mol. The number of hydrogen-bond donors (Lipinski definition) is 1. The lowest BCUT2D eigenvalue weighted by Gasteiger charge is -2.30. The first-order chi connectivity index (χ1) is 10.8. The first kappa shape index (κ1) is 18.6. The Kier molecular flexibility index (Phi) is 7.68. The molecule has 1 aliphatic heterocycles. The van der Waals surface area contributed by atoms with Gasteiger partial charge in [0, 0.05) is 12.6 Å². The Morgan fingerprint density at radius 2 is 1.87 bits per heavy atom. The van der Waals surface area contributed by atoms with Crippen LogP contribution < -0.4 is 10.1 Å². The van der Waals surface area contributed by atoms with Crippen LogP contribution in [-0.2, 0) is 6.54 Å². The Labute approximate surface area is 147 Å². The minimum Gasteiger partial charge on any atom is -0.493 e. The van der Waals surface area contributed by atoms with Crippen molar-refractivity contribution in [3.05, 3.63) is 29.8 Å². The Bertz CT molecular complexity index is 439. The molecule has 1 saturated carbocycles. The molecule has 0 aromatic heterocycles. The van der Waals surface area contributed by atoms with Crippen molar-refractivity contribution < 1.29 is 4.74 Å². The molecule has 2 fully saturated rings. The normalized spacial score (nSPS) is 21.6. The molecular formula is C19H31ClN2O. The van der Waals surface area contributed by atoms with Gasteiger partial charge in [0.05, 0.1) is 6.61 Å². The van der Waals surface area contributed by atoms with Crippen LogP contribution in [0.5, 0.6) is 5.75 Å². The van der Waals surface area contributed by atoms with E-state index < -0.39 is 0 Å². The van der Waals surface area contributed by atoms with E-state index in [9.17, 15) is 0 Å². The zero-order valence-corrected chi connectivity index (χ0v) is 15.1. The Morgan fingerprint density at radius 3 is 2.57 bits per heavy atom. The lowest BCUT2D eigenvalue weighted by Crippen LogP contribution is -2.35. The van der Waals surface area contributed by atoms with E-state index in [1.165, 1.54) is 44.2 Å². The lowest BCUT2D eigenvalue weighted by atomic mass is 10.1. The molecule has 0 spiro atoms. The standard InChI is InChI=1S/C19H30N2O.ClH/c1-2-21(18-4-3-12-20-13-11-18)14-16-7-9-19(10-8-16)22-15-17-5-6-17;/h7-10,17-18,20H,2-6,11-15H2,1H3;1H. The smallest absolute Gasteiger partial charge is 0.119 e. The minimum atomic E-state index is 0. The fourth-order valence-corrected chi connectivity index (χ4v) is 3.29. The van der Waals surface area contributed by atoms with Gasteiger partial charge in [0.15, 0.2) is 0 Å². The Hall–Kier alpha value is -0.770. The molecule has 23 heavy (non-hydrogen) atoms. The van der Waals surface area contributed by atoms with E-state index >= 15 is 0 Å². The molecule has 1 aromatic rings. The Balaban J connectivity index is 0.00000192. The van der Waals surface area contributed by atoms with Crippen molar-refractivity contribution in [2.45, 2.75) is 51.6 Å². The Morgan fingerprint density at radius 1 is 1.09 bits per heavy atom. The van der Waals surface area contributed by atoms with E-state index in [0.717, 1.165) is 44.0 Å². The summed E-state index contributed by atoms with van der Waals surface area (Å²) in [5, 5.41) is 3.51. The van der Waals surface area contributed by atoms with Gasteiger partial charge in [-0.1, -0.05) is 19.1 Å². The summed E-state index contributed by atoms with van der Waals surface area (Å²) in [5.41, 5.74) is 1.40. The second-order valence-electron chi connectivity index (χ2n) is 6.80. The molecule has 130 valence electrons. The molecule has 1 aromatic carbocycles. The van der Waals surface area contributed by atoms with Crippen molar-refractivity contribution in [3.63, 3.8) is 0 Å². The van der Waals surface area contributed by atoms with Gasteiger partial charge in [0.25, 0.3) is 0 Å². The minimum absolute atomic E-state index is 0. The maximum absolute atomic E-state index is 5.83. The van der Waals surface area contributed by atoms with Crippen molar-refractivity contribution in [3.8, 4) is 5.75 Å². The average molecular weight is 339 g/mol. The summed E-state index contributed by atoms with van der Waals surface area (Å²) in [6, 6.07) is 9.48. The number of nitrogens with one attached hydrogen (secondary N) is 1. The van der Waals surface area contributed by atoms with Crippen LogP contribution in [0.3, 0.4) is 0 Å². The second-order valence-corrected chi connectivity index (χ2v) is 6.80. The van der Waals surface area contributed by atoms with Gasteiger partial charge in [0.2, 0.25) is 0 Å². The van der Waals surface area contributed by atoms with Crippen LogP contribution in [0, 0.1) is 5.92 Å². The summed E-state index contributed by atoms with van der Waals surface area (Å²) >= 11 is 0. The molecule has 4 heteroatoms. The largest absolute Gasteiger partial charge is 0.493 e. The van der Waals surface area contributed by atoms with Crippen LogP contribution in [0.4, 0.5) is 0 Å². The van der Waals surface area contributed by atoms with E-state index in [1.807, 2.05) is 0 Å². The summed E-state index contributed by atoms with van der Waals surface area (Å²) in [6.07, 6.45) is 6.59. The van der Waals surface area contributed by atoms with Crippen LogP contribution in [-0.4, -0.2) is 37.2 Å². The summed E-state index contributed by atoms with van der Waals surface area (Å²) in [5.74, 6) is 1.84. The van der Waals surface area contributed by atoms with Gasteiger partial charge in [0.1, 0.15) is 5.75 Å². The molecule has 0 amide bonds. The van der Waals surface area contributed by atoms with Gasteiger partial charge in [-0.15, -0.1) is 12.4 Å². The molecule has 2 aliphatic rings. The van der Waals surface area contributed by atoms with Crippen molar-refractivity contribution >= 4 is 12.4 Å². The molecule has 0 bridgehead atoms. The predicted octanol–water partition coefficient (Wildman–Crippen LogP) is 3.86. The van der Waals surface area contributed by atoms with Crippen LogP contribution in [0.15, 0.2) is 24.3 Å². The lowest BCUT2D eigenvalue weighted by molar-refractivity contribution is 0.182. The highest BCUT2D eigenvalue weighted by molar-refractivity contribution is 5.85. The van der Waals surface area contributed by atoms with Crippen molar-refractivity contribution in [1.29, 1.82) is 0 Å². The van der Waals surface area contributed by atoms with Gasteiger partial charge in [-0.2, -0.15) is 0 Å². The molecule has 1 N–H and O–H groups in total. The highest BCUT2D eigenvalue weighted by atomic mass is 35.5.